The van der Waals surface area contributed by atoms with Crippen molar-refractivity contribution < 1.29 is 18.7 Å². The summed E-state index contributed by atoms with van der Waals surface area (Å²) in [6, 6.07) is 13.0. The Morgan fingerprint density at radius 3 is 2.59 bits per heavy atom. The Hall–Kier alpha value is -2.56. The number of hydrogen-bond acceptors (Lipinski definition) is 3. The van der Waals surface area contributed by atoms with Crippen molar-refractivity contribution in [1.82, 2.24) is 0 Å². The molecule has 0 aromatic heterocycles. The normalized spacial score (nSPS) is 11.6. The van der Waals surface area contributed by atoms with Gasteiger partial charge < -0.3 is 14.8 Å². The minimum absolute atomic E-state index is 0.139. The molecule has 22 heavy (non-hydrogen) atoms. The molecule has 1 amide bonds. The molecule has 0 aliphatic heterocycles. The number of para-hydroxylation sites is 1. The van der Waals surface area contributed by atoms with Crippen LogP contribution in [0.2, 0.25) is 0 Å². The zero-order valence-electron chi connectivity index (χ0n) is 12.5. The van der Waals surface area contributed by atoms with Crippen LogP contribution in [0.3, 0.4) is 0 Å². The average Bonchev–Trinajstić information content (AvgIpc) is 2.54. The monoisotopic (exact) mass is 303 g/mol. The van der Waals surface area contributed by atoms with E-state index >= 15 is 0 Å². The lowest BCUT2D eigenvalue weighted by molar-refractivity contribution is -0.122. The molecular weight excluding hydrogens is 285 g/mol. The fourth-order valence-electron chi connectivity index (χ4n) is 1.94. The van der Waals surface area contributed by atoms with Crippen molar-refractivity contribution in [2.75, 3.05) is 12.4 Å². The highest BCUT2D eigenvalue weighted by Gasteiger charge is 2.19. The predicted octanol–water partition coefficient (Wildman–Crippen LogP) is 3.63. The number of anilines is 1. The van der Waals surface area contributed by atoms with E-state index in [0.29, 0.717) is 17.9 Å². The lowest BCUT2D eigenvalue weighted by Gasteiger charge is -2.18. The second-order valence-corrected chi connectivity index (χ2v) is 4.66. The number of nitrogens with one attached hydrogen (secondary N) is 1. The summed E-state index contributed by atoms with van der Waals surface area (Å²) in [6.07, 6.45) is -0.260. The van der Waals surface area contributed by atoms with Crippen LogP contribution in [0.4, 0.5) is 10.1 Å². The summed E-state index contributed by atoms with van der Waals surface area (Å²) in [6.45, 7) is 1.83. The van der Waals surface area contributed by atoms with Gasteiger partial charge in [-0.25, -0.2) is 4.39 Å². The molecule has 0 saturated heterocycles. The summed E-state index contributed by atoms with van der Waals surface area (Å²) in [7, 11) is 1.56. The molecule has 2 aromatic rings. The van der Waals surface area contributed by atoms with E-state index in [9.17, 15) is 9.18 Å². The highest BCUT2D eigenvalue weighted by Crippen LogP contribution is 2.21. The third kappa shape index (κ3) is 3.97. The van der Waals surface area contributed by atoms with Gasteiger partial charge in [0.25, 0.3) is 5.91 Å². The van der Waals surface area contributed by atoms with Gasteiger partial charge >= 0.3 is 0 Å². The van der Waals surface area contributed by atoms with E-state index in [1.54, 1.807) is 43.5 Å². The fourth-order valence-corrected chi connectivity index (χ4v) is 1.94. The third-order valence-corrected chi connectivity index (χ3v) is 3.11. The largest absolute Gasteiger partial charge is 0.497 e. The van der Waals surface area contributed by atoms with Gasteiger partial charge in [-0.2, -0.15) is 0 Å². The van der Waals surface area contributed by atoms with E-state index in [-0.39, 0.29) is 5.69 Å². The Kier molecular flexibility index (Phi) is 5.36. The Bertz CT molecular complexity index is 645. The second-order valence-electron chi connectivity index (χ2n) is 4.66. The lowest BCUT2D eigenvalue weighted by atomic mass is 10.2. The maximum atomic E-state index is 13.6. The molecule has 0 spiro atoms. The van der Waals surface area contributed by atoms with Gasteiger partial charge in [0.05, 0.1) is 12.8 Å². The highest BCUT2D eigenvalue weighted by atomic mass is 19.1. The molecule has 0 aliphatic rings. The summed E-state index contributed by atoms with van der Waals surface area (Å²) in [5, 5.41) is 2.54. The van der Waals surface area contributed by atoms with Gasteiger partial charge in [-0.1, -0.05) is 25.1 Å². The molecule has 4 nitrogen and oxygen atoms in total. The molecule has 0 heterocycles. The van der Waals surface area contributed by atoms with Crippen LogP contribution in [0, 0.1) is 5.82 Å². The number of ether oxygens (including phenoxy) is 2. The maximum Gasteiger partial charge on any atom is 0.265 e. The molecule has 2 rings (SSSR count). The highest BCUT2D eigenvalue weighted by molar-refractivity contribution is 5.94. The minimum atomic E-state index is -0.716. The van der Waals surface area contributed by atoms with Gasteiger partial charge in [0.1, 0.15) is 17.3 Å². The zero-order valence-corrected chi connectivity index (χ0v) is 12.5. The average molecular weight is 303 g/mol. The van der Waals surface area contributed by atoms with E-state index < -0.39 is 17.8 Å². The maximum absolute atomic E-state index is 13.6. The number of halogens is 1. The van der Waals surface area contributed by atoms with Gasteiger partial charge in [0, 0.05) is 6.07 Å². The van der Waals surface area contributed by atoms with Crippen LogP contribution in [0.15, 0.2) is 48.5 Å². The van der Waals surface area contributed by atoms with Crippen LogP contribution in [0.25, 0.3) is 0 Å². The molecule has 1 N–H and O–H groups in total. The Morgan fingerprint density at radius 1 is 1.18 bits per heavy atom. The lowest BCUT2D eigenvalue weighted by Crippen LogP contribution is -2.32. The summed E-state index contributed by atoms with van der Waals surface area (Å²) in [5.41, 5.74) is 0.139. The number of carbonyl (C=O) groups excluding carboxylic acids is 1. The second kappa shape index (κ2) is 7.45. The van der Waals surface area contributed by atoms with Crippen LogP contribution in [-0.2, 0) is 4.79 Å². The summed E-state index contributed by atoms with van der Waals surface area (Å²) >= 11 is 0. The Morgan fingerprint density at radius 2 is 1.91 bits per heavy atom. The van der Waals surface area contributed by atoms with E-state index in [1.165, 1.54) is 12.1 Å². The molecule has 0 saturated carbocycles. The third-order valence-electron chi connectivity index (χ3n) is 3.11. The van der Waals surface area contributed by atoms with E-state index in [0.717, 1.165) is 0 Å². The minimum Gasteiger partial charge on any atom is -0.497 e. The first-order chi connectivity index (χ1) is 10.6. The summed E-state index contributed by atoms with van der Waals surface area (Å²) < 4.78 is 24.3. The molecule has 116 valence electrons. The quantitative estimate of drug-likeness (QED) is 0.886. The number of amides is 1. The molecule has 0 bridgehead atoms. The molecular formula is C17H18FNO3. The van der Waals surface area contributed by atoms with Crippen molar-refractivity contribution in [1.29, 1.82) is 0 Å². The van der Waals surface area contributed by atoms with E-state index in [1.807, 2.05) is 6.92 Å². The van der Waals surface area contributed by atoms with Crippen LogP contribution in [-0.4, -0.2) is 19.1 Å². The van der Waals surface area contributed by atoms with Crippen molar-refractivity contribution in [2.45, 2.75) is 19.4 Å². The van der Waals surface area contributed by atoms with Crippen molar-refractivity contribution in [2.24, 2.45) is 0 Å². The molecule has 0 aliphatic carbocycles. The van der Waals surface area contributed by atoms with Crippen LogP contribution in [0.5, 0.6) is 11.5 Å². The van der Waals surface area contributed by atoms with E-state index in [4.69, 9.17) is 9.47 Å². The van der Waals surface area contributed by atoms with Crippen molar-refractivity contribution in [3.8, 4) is 11.5 Å². The van der Waals surface area contributed by atoms with Gasteiger partial charge in [-0.05, 0) is 30.7 Å². The smallest absolute Gasteiger partial charge is 0.265 e. The SMILES string of the molecule is CC[C@@H](Oc1cccc(OC)c1)C(=O)Nc1ccccc1F. The Balaban J connectivity index is 2.07. The molecule has 5 heteroatoms. The molecule has 0 radical (unpaired) electrons. The van der Waals surface area contributed by atoms with Crippen molar-refractivity contribution >= 4 is 11.6 Å². The van der Waals surface area contributed by atoms with Gasteiger partial charge in [-0.3, -0.25) is 4.79 Å². The topological polar surface area (TPSA) is 47.6 Å². The van der Waals surface area contributed by atoms with Gasteiger partial charge in [0.15, 0.2) is 6.10 Å². The first kappa shape index (κ1) is 15.8. The standard InChI is InChI=1S/C17H18FNO3/c1-3-16(22-13-8-6-7-12(11-13)21-2)17(20)19-15-10-5-4-9-14(15)18/h4-11,16H,3H2,1-2H3,(H,19,20)/t16-/m1/s1. The molecule has 1 atom stereocenters. The molecule has 0 fully saturated rings. The van der Waals surface area contributed by atoms with E-state index in [2.05, 4.69) is 5.32 Å². The number of benzene rings is 2. The van der Waals surface area contributed by atoms with Crippen LogP contribution < -0.4 is 14.8 Å². The molecule has 0 unspecified atom stereocenters. The summed E-state index contributed by atoms with van der Waals surface area (Å²) in [4.78, 5) is 12.2. The molecule has 2 aromatic carbocycles. The number of carbonyl (C=O) groups is 1. The Labute approximate surface area is 128 Å². The zero-order chi connectivity index (χ0) is 15.9. The van der Waals surface area contributed by atoms with Crippen molar-refractivity contribution in [3.05, 3.63) is 54.3 Å². The first-order valence-electron chi connectivity index (χ1n) is 7.00. The van der Waals surface area contributed by atoms with Crippen LogP contribution >= 0.6 is 0 Å². The van der Waals surface area contributed by atoms with Gasteiger partial charge in [-0.15, -0.1) is 0 Å². The predicted molar refractivity (Wildman–Crippen MR) is 82.7 cm³/mol. The summed E-state index contributed by atoms with van der Waals surface area (Å²) in [5.74, 6) is 0.291. The van der Waals surface area contributed by atoms with Crippen LogP contribution in [0.1, 0.15) is 13.3 Å². The van der Waals surface area contributed by atoms with Gasteiger partial charge in [0.2, 0.25) is 0 Å². The number of methoxy groups -OCH3 is 1. The van der Waals surface area contributed by atoms with Crippen molar-refractivity contribution in [3.63, 3.8) is 0 Å². The first-order valence-corrected chi connectivity index (χ1v) is 7.00. The fraction of sp³-hybridized carbons (Fsp3) is 0.235. The number of hydrogen-bond donors (Lipinski definition) is 1. The number of rotatable bonds is 6.